The van der Waals surface area contributed by atoms with Gasteiger partial charge in [0.1, 0.15) is 0 Å². The maximum atomic E-state index is 12.0. The molecule has 4 heteroatoms. The van der Waals surface area contributed by atoms with E-state index in [1.807, 2.05) is 36.9 Å². The first-order chi connectivity index (χ1) is 8.65. The summed E-state index contributed by atoms with van der Waals surface area (Å²) >= 11 is 6.13. The third-order valence-electron chi connectivity index (χ3n) is 2.78. The standard InChI is InChI=1S/C14H21NOS2/c1-11-6-7-12(17)10-13(11)14(16)15-8-4-3-5-9-18-2/h6-7,10,17H,3-5,8-9H2,1-2H3,(H,15,16). The highest BCUT2D eigenvalue weighted by Crippen LogP contribution is 2.13. The van der Waals surface area contributed by atoms with Gasteiger partial charge in [-0.05, 0) is 49.5 Å². The average Bonchev–Trinajstić information content (AvgIpc) is 2.36. The van der Waals surface area contributed by atoms with Crippen LogP contribution in [0.15, 0.2) is 23.1 Å². The molecule has 100 valence electrons. The summed E-state index contributed by atoms with van der Waals surface area (Å²) in [7, 11) is 0. The quantitative estimate of drug-likeness (QED) is 0.592. The lowest BCUT2D eigenvalue weighted by Crippen LogP contribution is -2.25. The third-order valence-corrected chi connectivity index (χ3v) is 3.75. The zero-order valence-corrected chi connectivity index (χ0v) is 12.7. The first-order valence-electron chi connectivity index (χ1n) is 6.22. The molecular formula is C14H21NOS2. The molecule has 0 aliphatic rings. The molecule has 0 unspecified atom stereocenters. The molecule has 0 saturated carbocycles. The number of thiol groups is 1. The van der Waals surface area contributed by atoms with E-state index in [2.05, 4.69) is 24.2 Å². The summed E-state index contributed by atoms with van der Waals surface area (Å²) in [6, 6.07) is 5.65. The van der Waals surface area contributed by atoms with Gasteiger partial charge in [-0.2, -0.15) is 11.8 Å². The summed E-state index contributed by atoms with van der Waals surface area (Å²) in [4.78, 5) is 12.8. The first kappa shape index (κ1) is 15.4. The van der Waals surface area contributed by atoms with Gasteiger partial charge in [-0.25, -0.2) is 0 Å². The molecule has 2 nitrogen and oxygen atoms in total. The van der Waals surface area contributed by atoms with Crippen LogP contribution in [0.5, 0.6) is 0 Å². The molecule has 0 saturated heterocycles. The van der Waals surface area contributed by atoms with Gasteiger partial charge >= 0.3 is 0 Å². The molecule has 0 spiro atoms. The predicted octanol–water partition coefficient (Wildman–Crippen LogP) is 3.55. The van der Waals surface area contributed by atoms with Crippen molar-refractivity contribution in [3.05, 3.63) is 29.3 Å². The van der Waals surface area contributed by atoms with Crippen molar-refractivity contribution in [3.8, 4) is 0 Å². The molecule has 0 heterocycles. The van der Waals surface area contributed by atoms with Gasteiger partial charge in [0.05, 0.1) is 0 Å². The van der Waals surface area contributed by atoms with Gasteiger partial charge in [0.25, 0.3) is 5.91 Å². The summed E-state index contributed by atoms with van der Waals surface area (Å²) in [5, 5.41) is 2.96. The second-order valence-electron chi connectivity index (χ2n) is 4.31. The lowest BCUT2D eigenvalue weighted by Gasteiger charge is -2.08. The van der Waals surface area contributed by atoms with Crippen molar-refractivity contribution in [2.24, 2.45) is 0 Å². The van der Waals surface area contributed by atoms with Crippen molar-refractivity contribution in [2.45, 2.75) is 31.1 Å². The van der Waals surface area contributed by atoms with Crippen LogP contribution in [0.4, 0.5) is 0 Å². The van der Waals surface area contributed by atoms with Gasteiger partial charge in [0, 0.05) is 17.0 Å². The number of thioether (sulfide) groups is 1. The number of carbonyl (C=O) groups is 1. The molecule has 1 N–H and O–H groups in total. The van der Waals surface area contributed by atoms with E-state index in [0.717, 1.165) is 29.0 Å². The maximum Gasteiger partial charge on any atom is 0.251 e. The highest BCUT2D eigenvalue weighted by atomic mass is 32.2. The molecule has 0 aromatic heterocycles. The Labute approximate surface area is 119 Å². The number of nitrogens with one attached hydrogen (secondary N) is 1. The summed E-state index contributed by atoms with van der Waals surface area (Å²) in [6.07, 6.45) is 5.57. The second kappa shape index (κ2) is 8.48. The van der Waals surface area contributed by atoms with E-state index < -0.39 is 0 Å². The van der Waals surface area contributed by atoms with Gasteiger partial charge in [-0.15, -0.1) is 12.6 Å². The molecule has 0 aliphatic carbocycles. The largest absolute Gasteiger partial charge is 0.352 e. The van der Waals surface area contributed by atoms with Crippen LogP contribution in [0.3, 0.4) is 0 Å². The molecule has 0 bridgehead atoms. The Morgan fingerprint density at radius 1 is 1.33 bits per heavy atom. The van der Waals surface area contributed by atoms with Crippen LogP contribution >= 0.6 is 24.4 Å². The fraction of sp³-hybridized carbons (Fsp3) is 0.500. The molecular weight excluding hydrogens is 262 g/mol. The third kappa shape index (κ3) is 5.36. The lowest BCUT2D eigenvalue weighted by atomic mass is 10.1. The SMILES string of the molecule is CSCCCCCNC(=O)c1cc(S)ccc1C. The molecule has 1 aromatic rings. The predicted molar refractivity (Wildman–Crippen MR) is 83.0 cm³/mol. The van der Waals surface area contributed by atoms with Crippen molar-refractivity contribution in [1.29, 1.82) is 0 Å². The number of hydrogen-bond donors (Lipinski definition) is 2. The zero-order chi connectivity index (χ0) is 13.4. The van der Waals surface area contributed by atoms with Crippen LogP contribution < -0.4 is 5.32 Å². The van der Waals surface area contributed by atoms with Crippen LogP contribution in [0.1, 0.15) is 35.2 Å². The van der Waals surface area contributed by atoms with Gasteiger partial charge in [-0.3, -0.25) is 4.79 Å². The van der Waals surface area contributed by atoms with E-state index in [1.165, 1.54) is 18.6 Å². The lowest BCUT2D eigenvalue weighted by molar-refractivity contribution is 0.0952. The van der Waals surface area contributed by atoms with Crippen molar-refractivity contribution < 1.29 is 4.79 Å². The van der Waals surface area contributed by atoms with Gasteiger partial charge in [0.15, 0.2) is 0 Å². The number of rotatable bonds is 7. The molecule has 0 atom stereocenters. The van der Waals surface area contributed by atoms with Gasteiger partial charge < -0.3 is 5.32 Å². The van der Waals surface area contributed by atoms with E-state index in [0.29, 0.717) is 0 Å². The Morgan fingerprint density at radius 2 is 2.11 bits per heavy atom. The van der Waals surface area contributed by atoms with E-state index in [9.17, 15) is 4.79 Å². The van der Waals surface area contributed by atoms with E-state index in [4.69, 9.17) is 0 Å². The zero-order valence-electron chi connectivity index (χ0n) is 11.0. The highest BCUT2D eigenvalue weighted by Gasteiger charge is 2.08. The summed E-state index contributed by atoms with van der Waals surface area (Å²) in [6.45, 7) is 2.70. The van der Waals surface area contributed by atoms with E-state index in [-0.39, 0.29) is 5.91 Å². The van der Waals surface area contributed by atoms with Crippen LogP contribution in [-0.2, 0) is 0 Å². The van der Waals surface area contributed by atoms with Crippen LogP contribution in [-0.4, -0.2) is 24.5 Å². The Kier molecular flexibility index (Phi) is 7.28. The Morgan fingerprint density at radius 3 is 2.83 bits per heavy atom. The van der Waals surface area contributed by atoms with Crippen LogP contribution in [0, 0.1) is 6.92 Å². The van der Waals surface area contributed by atoms with Crippen LogP contribution in [0.2, 0.25) is 0 Å². The number of carbonyl (C=O) groups excluding carboxylic acids is 1. The fourth-order valence-electron chi connectivity index (χ4n) is 1.70. The fourth-order valence-corrected chi connectivity index (χ4v) is 2.40. The molecule has 18 heavy (non-hydrogen) atoms. The van der Waals surface area contributed by atoms with E-state index in [1.54, 1.807) is 0 Å². The molecule has 0 fully saturated rings. The maximum absolute atomic E-state index is 12.0. The molecule has 1 aromatic carbocycles. The van der Waals surface area contributed by atoms with Gasteiger partial charge in [-0.1, -0.05) is 12.5 Å². The Bertz CT molecular complexity index is 393. The van der Waals surface area contributed by atoms with Gasteiger partial charge in [0.2, 0.25) is 0 Å². The number of aryl methyl sites for hydroxylation is 1. The smallest absolute Gasteiger partial charge is 0.251 e. The summed E-state index contributed by atoms with van der Waals surface area (Å²) in [5.74, 6) is 1.21. The molecule has 0 radical (unpaired) electrons. The average molecular weight is 283 g/mol. The molecule has 1 amide bonds. The topological polar surface area (TPSA) is 29.1 Å². The Hall–Kier alpha value is -0.610. The first-order valence-corrected chi connectivity index (χ1v) is 8.06. The van der Waals surface area contributed by atoms with Crippen molar-refractivity contribution in [1.82, 2.24) is 5.32 Å². The number of unbranched alkanes of at least 4 members (excludes halogenated alkanes) is 2. The number of benzene rings is 1. The van der Waals surface area contributed by atoms with Crippen LogP contribution in [0.25, 0.3) is 0 Å². The normalized spacial score (nSPS) is 10.4. The highest BCUT2D eigenvalue weighted by molar-refractivity contribution is 7.98. The van der Waals surface area contributed by atoms with Crippen molar-refractivity contribution in [2.75, 3.05) is 18.6 Å². The second-order valence-corrected chi connectivity index (χ2v) is 5.81. The van der Waals surface area contributed by atoms with Crippen molar-refractivity contribution >= 4 is 30.3 Å². The molecule has 0 aliphatic heterocycles. The number of amides is 1. The summed E-state index contributed by atoms with van der Waals surface area (Å²) < 4.78 is 0. The Balaban J connectivity index is 2.34. The minimum atomic E-state index is 0.00765. The molecule has 1 rings (SSSR count). The summed E-state index contributed by atoms with van der Waals surface area (Å²) in [5.41, 5.74) is 1.72. The number of hydrogen-bond acceptors (Lipinski definition) is 3. The monoisotopic (exact) mass is 283 g/mol. The van der Waals surface area contributed by atoms with E-state index >= 15 is 0 Å². The minimum absolute atomic E-state index is 0.00765. The minimum Gasteiger partial charge on any atom is -0.352 e. The van der Waals surface area contributed by atoms with Crippen molar-refractivity contribution in [3.63, 3.8) is 0 Å².